The molecule has 0 amide bonds. The monoisotopic (exact) mass is 391 g/mol. The van der Waals surface area contributed by atoms with Crippen LogP contribution < -0.4 is 5.32 Å². The maximum absolute atomic E-state index is 14.1. The number of rotatable bonds is 3. The quantitative estimate of drug-likeness (QED) is 0.531. The summed E-state index contributed by atoms with van der Waals surface area (Å²) in [5.41, 5.74) is 1.12. The number of terminal acetylenes is 1. The van der Waals surface area contributed by atoms with E-state index in [0.29, 0.717) is 16.2 Å². The van der Waals surface area contributed by atoms with E-state index in [-0.39, 0.29) is 29.1 Å². The van der Waals surface area contributed by atoms with E-state index < -0.39 is 5.82 Å². The Labute approximate surface area is 158 Å². The fourth-order valence-corrected chi connectivity index (χ4v) is 3.18. The van der Waals surface area contributed by atoms with Gasteiger partial charge >= 0.3 is 0 Å². The molecule has 132 valence electrons. The van der Waals surface area contributed by atoms with Gasteiger partial charge in [-0.15, -0.1) is 6.42 Å². The number of hydrogen-bond acceptors (Lipinski definition) is 5. The molecule has 1 aliphatic rings. The third-order valence-corrected chi connectivity index (χ3v) is 4.48. The van der Waals surface area contributed by atoms with Crippen LogP contribution in [0, 0.1) is 18.2 Å². The van der Waals surface area contributed by atoms with E-state index in [0.717, 1.165) is 12.8 Å². The number of anilines is 2. The minimum absolute atomic E-state index is 0.00242. The summed E-state index contributed by atoms with van der Waals surface area (Å²) >= 11 is 11.8. The third kappa shape index (κ3) is 3.07. The molecule has 0 bridgehead atoms. The van der Waals surface area contributed by atoms with Crippen LogP contribution in [0.1, 0.15) is 19.1 Å². The predicted octanol–water partition coefficient (Wildman–Crippen LogP) is 4.33. The summed E-state index contributed by atoms with van der Waals surface area (Å²) < 4.78 is 21.6. The standard InChI is InChI=1S/C17H12Cl2FN5O/c1-2-10-4-6-13(26-10)25-8-21-14-15(23-17(19)24-16(14)25)22-12-5-3-9(18)7-11(12)20/h1,3,5,7-8,10,13H,4,6H2,(H,22,23,24). The predicted molar refractivity (Wildman–Crippen MR) is 97.0 cm³/mol. The molecule has 0 saturated carbocycles. The van der Waals surface area contributed by atoms with Crippen LogP contribution in [-0.4, -0.2) is 25.6 Å². The number of imidazole rings is 1. The molecule has 1 aliphatic heterocycles. The molecule has 0 aliphatic carbocycles. The van der Waals surface area contributed by atoms with Crippen LogP contribution in [0.5, 0.6) is 0 Å². The first-order valence-corrected chi connectivity index (χ1v) is 8.54. The molecule has 2 aromatic heterocycles. The zero-order chi connectivity index (χ0) is 18.3. The Hall–Kier alpha value is -2.40. The maximum atomic E-state index is 14.1. The van der Waals surface area contributed by atoms with Crippen molar-refractivity contribution in [2.45, 2.75) is 25.2 Å². The van der Waals surface area contributed by atoms with Crippen LogP contribution in [0.25, 0.3) is 11.2 Å². The number of hydrogen-bond donors (Lipinski definition) is 1. The van der Waals surface area contributed by atoms with Crippen LogP contribution in [-0.2, 0) is 4.74 Å². The van der Waals surface area contributed by atoms with Gasteiger partial charge in [-0.2, -0.15) is 9.97 Å². The van der Waals surface area contributed by atoms with Crippen LogP contribution >= 0.6 is 23.2 Å². The number of nitrogens with one attached hydrogen (secondary N) is 1. The van der Waals surface area contributed by atoms with Gasteiger partial charge in [0.25, 0.3) is 0 Å². The fraction of sp³-hybridized carbons (Fsp3) is 0.235. The van der Waals surface area contributed by atoms with Crippen LogP contribution in [0.15, 0.2) is 24.5 Å². The molecule has 0 spiro atoms. The minimum atomic E-state index is -0.518. The lowest BCUT2D eigenvalue weighted by molar-refractivity contribution is 0.0300. The van der Waals surface area contributed by atoms with Gasteiger partial charge in [-0.1, -0.05) is 17.5 Å². The normalized spacial score (nSPS) is 19.6. The summed E-state index contributed by atoms with van der Waals surface area (Å²) in [5.74, 6) is 2.36. The largest absolute Gasteiger partial charge is 0.342 e. The van der Waals surface area contributed by atoms with Gasteiger partial charge < -0.3 is 10.1 Å². The van der Waals surface area contributed by atoms with Gasteiger partial charge in [-0.25, -0.2) is 9.37 Å². The van der Waals surface area contributed by atoms with Gasteiger partial charge in [0.15, 0.2) is 17.0 Å². The maximum Gasteiger partial charge on any atom is 0.226 e. The molecule has 1 aromatic carbocycles. The van der Waals surface area contributed by atoms with Crippen molar-refractivity contribution in [2.75, 3.05) is 5.32 Å². The second-order valence-electron chi connectivity index (χ2n) is 5.74. The number of fused-ring (bicyclic) bond motifs is 1. The SMILES string of the molecule is C#CC1CCC(n2cnc3c(Nc4ccc(Cl)cc4F)nc(Cl)nc32)O1. The van der Waals surface area contributed by atoms with Crippen molar-refractivity contribution in [2.24, 2.45) is 0 Å². The molecule has 4 rings (SSSR count). The van der Waals surface area contributed by atoms with E-state index in [4.69, 9.17) is 34.4 Å². The highest BCUT2D eigenvalue weighted by Gasteiger charge is 2.27. The molecule has 3 aromatic rings. The average molecular weight is 392 g/mol. The first kappa shape index (κ1) is 17.0. The summed E-state index contributed by atoms with van der Waals surface area (Å²) in [6.45, 7) is 0. The average Bonchev–Trinajstić information content (AvgIpc) is 3.23. The number of aromatic nitrogens is 4. The molecular formula is C17H12Cl2FN5O. The van der Waals surface area contributed by atoms with Crippen molar-refractivity contribution in [3.05, 3.63) is 40.6 Å². The van der Waals surface area contributed by atoms with Gasteiger partial charge in [0.05, 0.1) is 12.0 Å². The molecule has 1 saturated heterocycles. The number of nitrogens with zero attached hydrogens (tertiary/aromatic N) is 4. The van der Waals surface area contributed by atoms with Gasteiger partial charge in [0, 0.05) is 5.02 Å². The van der Waals surface area contributed by atoms with Crippen LogP contribution in [0.2, 0.25) is 10.3 Å². The zero-order valence-corrected chi connectivity index (χ0v) is 14.8. The smallest absolute Gasteiger partial charge is 0.226 e. The highest BCUT2D eigenvalue weighted by Crippen LogP contribution is 2.33. The van der Waals surface area contributed by atoms with Crippen LogP contribution in [0.4, 0.5) is 15.9 Å². The zero-order valence-electron chi connectivity index (χ0n) is 13.3. The van der Waals surface area contributed by atoms with Crippen molar-refractivity contribution < 1.29 is 9.13 Å². The highest BCUT2D eigenvalue weighted by molar-refractivity contribution is 6.30. The Morgan fingerprint density at radius 1 is 1.31 bits per heavy atom. The van der Waals surface area contributed by atoms with Crippen molar-refractivity contribution in [1.82, 2.24) is 19.5 Å². The highest BCUT2D eigenvalue weighted by atomic mass is 35.5. The molecule has 1 fully saturated rings. The molecular weight excluding hydrogens is 380 g/mol. The van der Waals surface area contributed by atoms with Crippen molar-refractivity contribution >= 4 is 45.9 Å². The lowest BCUT2D eigenvalue weighted by Gasteiger charge is -2.13. The number of halogens is 3. The van der Waals surface area contributed by atoms with Crippen molar-refractivity contribution in [1.29, 1.82) is 0 Å². The van der Waals surface area contributed by atoms with Gasteiger partial charge in [-0.05, 0) is 42.6 Å². The first-order chi connectivity index (χ1) is 12.5. The Balaban J connectivity index is 1.74. The van der Waals surface area contributed by atoms with Crippen LogP contribution in [0.3, 0.4) is 0 Å². The van der Waals surface area contributed by atoms with Gasteiger partial charge in [0.2, 0.25) is 5.28 Å². The molecule has 6 nitrogen and oxygen atoms in total. The Bertz CT molecular complexity index is 1030. The second-order valence-corrected chi connectivity index (χ2v) is 6.51. The van der Waals surface area contributed by atoms with Crippen molar-refractivity contribution in [3.8, 4) is 12.3 Å². The molecule has 9 heteroatoms. The summed E-state index contributed by atoms with van der Waals surface area (Å²) in [4.78, 5) is 12.7. The Morgan fingerprint density at radius 3 is 2.88 bits per heavy atom. The molecule has 26 heavy (non-hydrogen) atoms. The van der Waals surface area contributed by atoms with E-state index in [2.05, 4.69) is 26.2 Å². The molecule has 3 heterocycles. The number of benzene rings is 1. The number of ether oxygens (including phenoxy) is 1. The lowest BCUT2D eigenvalue weighted by Crippen LogP contribution is -2.10. The Kier molecular flexibility index (Phi) is 4.41. The lowest BCUT2D eigenvalue weighted by atomic mass is 10.2. The summed E-state index contributed by atoms with van der Waals surface area (Å²) in [6.07, 6.45) is 7.96. The summed E-state index contributed by atoms with van der Waals surface area (Å²) in [5, 5.41) is 3.19. The van der Waals surface area contributed by atoms with E-state index in [9.17, 15) is 4.39 Å². The van der Waals surface area contributed by atoms with E-state index >= 15 is 0 Å². The Morgan fingerprint density at radius 2 is 2.15 bits per heavy atom. The molecule has 1 N–H and O–H groups in total. The third-order valence-electron chi connectivity index (χ3n) is 4.07. The topological polar surface area (TPSA) is 64.9 Å². The summed E-state index contributed by atoms with van der Waals surface area (Å²) in [7, 11) is 0. The molecule has 2 unspecified atom stereocenters. The van der Waals surface area contributed by atoms with Crippen molar-refractivity contribution in [3.63, 3.8) is 0 Å². The van der Waals surface area contributed by atoms with E-state index in [1.807, 2.05) is 0 Å². The molecule has 2 atom stereocenters. The van der Waals surface area contributed by atoms with Gasteiger partial charge in [0.1, 0.15) is 18.1 Å². The van der Waals surface area contributed by atoms with Gasteiger partial charge in [-0.3, -0.25) is 4.57 Å². The summed E-state index contributed by atoms with van der Waals surface area (Å²) in [6, 6.07) is 4.28. The second kappa shape index (κ2) is 6.72. The fourth-order valence-electron chi connectivity index (χ4n) is 2.85. The van der Waals surface area contributed by atoms with E-state index in [1.165, 1.54) is 12.1 Å². The molecule has 0 radical (unpaired) electrons. The first-order valence-electron chi connectivity index (χ1n) is 7.79. The minimum Gasteiger partial charge on any atom is -0.342 e. The van der Waals surface area contributed by atoms with E-state index in [1.54, 1.807) is 17.0 Å².